The van der Waals surface area contributed by atoms with E-state index < -0.39 is 8.53 Å². The average Bonchev–Trinajstić information content (AvgIpc) is 2.37. The molecule has 1 unspecified atom stereocenters. The zero-order valence-electron chi connectivity index (χ0n) is 15.2. The Hall–Kier alpha value is 1.28. The van der Waals surface area contributed by atoms with Gasteiger partial charge in [-0.1, -0.05) is 12.8 Å². The molecular formula is C15H31N2O2PSr. The van der Waals surface area contributed by atoms with Gasteiger partial charge in [-0.25, -0.2) is 11.2 Å². The minimum Gasteiger partial charge on any atom is -1.00 e. The Balaban J connectivity index is -0.00000180. The molecule has 0 aromatic rings. The molecule has 0 rings (SSSR count). The van der Waals surface area contributed by atoms with Gasteiger partial charge < -0.3 is 22.2 Å². The molecule has 0 fully saturated rings. The van der Waals surface area contributed by atoms with Crippen molar-refractivity contribution in [2.45, 2.75) is 65.5 Å². The third kappa shape index (κ3) is 12.4. The summed E-state index contributed by atoms with van der Waals surface area (Å²) in [6.45, 7) is 20.9. The van der Waals surface area contributed by atoms with Gasteiger partial charge >= 0.3 is 45.5 Å². The van der Waals surface area contributed by atoms with Gasteiger partial charge in [0.1, 0.15) is 6.61 Å². The van der Waals surface area contributed by atoms with Crippen LogP contribution >= 0.6 is 8.53 Å². The summed E-state index contributed by atoms with van der Waals surface area (Å²) in [5.74, 6) is 0. The van der Waals surface area contributed by atoms with Crippen LogP contribution in [0.25, 0.3) is 4.85 Å². The second-order valence-corrected chi connectivity index (χ2v) is 6.72. The van der Waals surface area contributed by atoms with Crippen LogP contribution in [0.5, 0.6) is 0 Å². The first-order valence-electron chi connectivity index (χ1n) is 7.51. The predicted octanol–water partition coefficient (Wildman–Crippen LogP) is 4.41. The molecule has 0 amide bonds. The van der Waals surface area contributed by atoms with Crippen LogP contribution in [-0.4, -0.2) is 82.0 Å². The van der Waals surface area contributed by atoms with Crippen LogP contribution in [0.15, 0.2) is 0 Å². The molecule has 0 aliphatic heterocycles. The van der Waals surface area contributed by atoms with Gasteiger partial charge in [0.25, 0.3) is 8.53 Å². The van der Waals surface area contributed by atoms with Gasteiger partial charge in [0.15, 0.2) is 0 Å². The molecule has 0 radical (unpaired) electrons. The third-order valence-electron chi connectivity index (χ3n) is 2.75. The minimum absolute atomic E-state index is 0. The first-order valence-corrected chi connectivity index (χ1v) is 8.64. The summed E-state index contributed by atoms with van der Waals surface area (Å²) < 4.78 is 14.0. The molecular weight excluding hydrogens is 359 g/mol. The van der Waals surface area contributed by atoms with E-state index in [-0.39, 0.29) is 46.9 Å². The molecule has 0 N–H and O–H groups in total. The van der Waals surface area contributed by atoms with Crippen molar-refractivity contribution >= 4 is 54.0 Å². The molecule has 6 heteroatoms. The molecule has 0 aromatic carbocycles. The summed E-state index contributed by atoms with van der Waals surface area (Å²) in [5.41, 5.74) is 0. The second kappa shape index (κ2) is 16.1. The van der Waals surface area contributed by atoms with Crippen molar-refractivity contribution in [2.75, 3.05) is 19.8 Å². The zero-order chi connectivity index (χ0) is 15.4. The predicted molar refractivity (Wildman–Crippen MR) is 93.1 cm³/mol. The number of hydrogen-bond acceptors (Lipinski definition) is 3. The summed E-state index contributed by atoms with van der Waals surface area (Å²) in [5, 5.41) is 0. The van der Waals surface area contributed by atoms with Gasteiger partial charge in [-0.05, 0) is 34.1 Å². The van der Waals surface area contributed by atoms with E-state index in [4.69, 9.17) is 15.6 Å². The standard InChI is InChI=1S/C15H30N2O2P.Sr.H/c1-7-8-9-10-12-18-20(19-13-11-16-6)17(14(2)3)15(4)5;;/h14-15H,1,7-13H2,2-5H3;;/q-1;+2;-1/i;;1+2. The summed E-state index contributed by atoms with van der Waals surface area (Å²) in [6.07, 6.45) is 4.33. The number of rotatable bonds is 12. The van der Waals surface area contributed by atoms with E-state index in [2.05, 4.69) is 44.1 Å². The van der Waals surface area contributed by atoms with E-state index >= 15 is 0 Å². The van der Waals surface area contributed by atoms with Crippen molar-refractivity contribution in [3.05, 3.63) is 18.3 Å². The Morgan fingerprint density at radius 3 is 2.14 bits per heavy atom. The SMILES string of the molecule is [3H-].[C-]#[N+]CCOP(OCCCCC[CH2-])N(C(C)C)C(C)C.[Sr+2]. The first kappa shape index (κ1) is 24.5. The number of unbranched alkanes of at least 4 members (excludes halogenated alkanes) is 3. The summed E-state index contributed by atoms with van der Waals surface area (Å²) in [7, 11) is -1.06. The molecule has 1 atom stereocenters. The maximum atomic E-state index is 6.83. The molecule has 4 nitrogen and oxygen atoms in total. The minimum atomic E-state index is -1.06. The van der Waals surface area contributed by atoms with Crippen LogP contribution in [0.2, 0.25) is 0 Å². The molecule has 0 aromatic heterocycles. The van der Waals surface area contributed by atoms with Gasteiger partial charge in [0.05, 0.1) is 6.61 Å². The Morgan fingerprint density at radius 2 is 1.67 bits per heavy atom. The molecule has 0 aliphatic rings. The number of nitrogens with zero attached hydrogens (tertiary/aromatic N) is 2. The van der Waals surface area contributed by atoms with E-state index in [0.29, 0.717) is 25.2 Å². The van der Waals surface area contributed by atoms with E-state index in [9.17, 15) is 0 Å². The summed E-state index contributed by atoms with van der Waals surface area (Å²) in [6, 6.07) is 0.739. The Labute approximate surface area is 171 Å². The van der Waals surface area contributed by atoms with Crippen LogP contribution in [0, 0.1) is 13.5 Å². The fraction of sp³-hybridized carbons (Fsp3) is 0.867. The Kier molecular flexibility index (Phi) is 18.9. The molecule has 0 bridgehead atoms. The molecule has 21 heavy (non-hydrogen) atoms. The molecule has 0 aliphatic carbocycles. The fourth-order valence-electron chi connectivity index (χ4n) is 1.91. The van der Waals surface area contributed by atoms with Crippen LogP contribution < -0.4 is 0 Å². The topological polar surface area (TPSA) is 26.1 Å². The largest absolute Gasteiger partial charge is 2.00 e. The van der Waals surface area contributed by atoms with Crippen LogP contribution in [0.4, 0.5) is 0 Å². The molecule has 0 saturated carbocycles. The Bertz CT molecular complexity index is 271. The second-order valence-electron chi connectivity index (χ2n) is 5.27. The zero-order valence-corrected chi connectivity index (χ0v) is 18.5. The summed E-state index contributed by atoms with van der Waals surface area (Å²) in [4.78, 5) is 3.33. The van der Waals surface area contributed by atoms with Crippen molar-refractivity contribution < 1.29 is 10.5 Å². The monoisotopic (exact) mass is 392 g/mol. The first-order chi connectivity index (χ1) is 9.54. The molecule has 0 heterocycles. The van der Waals surface area contributed by atoms with Crippen molar-refractivity contribution in [2.24, 2.45) is 0 Å². The van der Waals surface area contributed by atoms with Crippen molar-refractivity contribution in [3.8, 4) is 0 Å². The van der Waals surface area contributed by atoms with Gasteiger partial charge in [-0.2, -0.15) is 6.42 Å². The van der Waals surface area contributed by atoms with Gasteiger partial charge in [-0.3, -0.25) is 0 Å². The summed E-state index contributed by atoms with van der Waals surface area (Å²) >= 11 is 0. The quantitative estimate of drug-likeness (QED) is 0.213. The molecule has 120 valence electrons. The van der Waals surface area contributed by atoms with Crippen molar-refractivity contribution in [1.29, 1.82) is 0 Å². The number of hydrogen-bond donors (Lipinski definition) is 0. The molecule has 0 spiro atoms. The van der Waals surface area contributed by atoms with Crippen molar-refractivity contribution in [3.63, 3.8) is 0 Å². The maximum absolute atomic E-state index is 6.83. The van der Waals surface area contributed by atoms with Crippen LogP contribution in [0.1, 0.15) is 54.8 Å². The fourth-order valence-corrected chi connectivity index (χ4v) is 3.53. The van der Waals surface area contributed by atoms with Crippen LogP contribution in [-0.2, 0) is 9.05 Å². The van der Waals surface area contributed by atoms with Crippen LogP contribution in [0.3, 0.4) is 0 Å². The van der Waals surface area contributed by atoms with Crippen molar-refractivity contribution in [1.82, 2.24) is 4.67 Å². The van der Waals surface area contributed by atoms with E-state index in [1.807, 2.05) is 0 Å². The van der Waals surface area contributed by atoms with E-state index in [1.165, 1.54) is 0 Å². The van der Waals surface area contributed by atoms with E-state index in [1.54, 1.807) is 0 Å². The molecule has 0 saturated heterocycles. The van der Waals surface area contributed by atoms with Gasteiger partial charge in [-0.15, -0.1) is 0 Å². The third-order valence-corrected chi connectivity index (χ3v) is 4.86. The smallest absolute Gasteiger partial charge is 1.00 e. The van der Waals surface area contributed by atoms with Gasteiger partial charge in [0.2, 0.25) is 6.54 Å². The van der Waals surface area contributed by atoms with E-state index in [0.717, 1.165) is 32.3 Å². The normalized spacial score (nSPS) is 12.5. The Morgan fingerprint density at radius 1 is 1.10 bits per heavy atom. The maximum Gasteiger partial charge on any atom is 2.00 e. The average molecular weight is 392 g/mol. The van der Waals surface area contributed by atoms with Gasteiger partial charge in [0, 0.05) is 12.1 Å².